The van der Waals surface area contributed by atoms with E-state index in [9.17, 15) is 4.79 Å². The quantitative estimate of drug-likeness (QED) is 0.863. The highest BCUT2D eigenvalue weighted by atomic mass is 16.5. The van der Waals surface area contributed by atoms with Gasteiger partial charge in [-0.1, -0.05) is 24.5 Å². The Morgan fingerprint density at radius 2 is 2.17 bits per heavy atom. The van der Waals surface area contributed by atoms with Gasteiger partial charge in [0.1, 0.15) is 0 Å². The van der Waals surface area contributed by atoms with E-state index in [1.807, 2.05) is 4.68 Å². The number of rotatable bonds is 5. The molecule has 0 saturated heterocycles. The summed E-state index contributed by atoms with van der Waals surface area (Å²) >= 11 is 0. The van der Waals surface area contributed by atoms with Gasteiger partial charge < -0.3 is 9.84 Å². The Hall–Kier alpha value is -1.43. The summed E-state index contributed by atoms with van der Waals surface area (Å²) in [5.74, 6) is -1.01. The fourth-order valence-corrected chi connectivity index (χ4v) is 2.53. The Balaban J connectivity index is 2.24. The van der Waals surface area contributed by atoms with Crippen LogP contribution in [0, 0.1) is 0 Å². The molecule has 2 rings (SSSR count). The maximum Gasteiger partial charge on any atom is 0.358 e. The number of carboxylic acid groups (broad SMARTS) is 1. The molecule has 1 aromatic rings. The average molecular weight is 253 g/mol. The number of ether oxygens (including phenoxy) is 1. The van der Waals surface area contributed by atoms with Crippen molar-refractivity contribution in [3.63, 3.8) is 0 Å². The van der Waals surface area contributed by atoms with Gasteiger partial charge in [0.15, 0.2) is 5.69 Å². The van der Waals surface area contributed by atoms with Crippen molar-refractivity contribution in [3.8, 4) is 0 Å². The van der Waals surface area contributed by atoms with Gasteiger partial charge in [-0.25, -0.2) is 9.48 Å². The smallest absolute Gasteiger partial charge is 0.358 e. The molecule has 1 aliphatic rings. The molecule has 0 aliphatic heterocycles. The molecule has 100 valence electrons. The lowest BCUT2D eigenvalue weighted by Gasteiger charge is -2.23. The van der Waals surface area contributed by atoms with Crippen LogP contribution in [0.3, 0.4) is 0 Å². The summed E-state index contributed by atoms with van der Waals surface area (Å²) in [6.07, 6.45) is 6.27. The number of nitrogens with zero attached hydrogens (tertiary/aromatic N) is 3. The molecule has 0 aromatic carbocycles. The Morgan fingerprint density at radius 1 is 1.44 bits per heavy atom. The number of hydrogen-bond acceptors (Lipinski definition) is 4. The van der Waals surface area contributed by atoms with E-state index in [-0.39, 0.29) is 5.69 Å². The van der Waals surface area contributed by atoms with Gasteiger partial charge in [-0.15, -0.1) is 5.10 Å². The number of aromatic nitrogens is 3. The number of carbonyl (C=O) groups is 1. The van der Waals surface area contributed by atoms with Gasteiger partial charge >= 0.3 is 5.97 Å². The van der Waals surface area contributed by atoms with Gasteiger partial charge in [0.25, 0.3) is 0 Å². The summed E-state index contributed by atoms with van der Waals surface area (Å²) in [5.41, 5.74) is 0.758. The molecule has 0 unspecified atom stereocenters. The molecule has 1 heterocycles. The van der Waals surface area contributed by atoms with Crippen LogP contribution in [0.2, 0.25) is 0 Å². The molecule has 0 amide bonds. The van der Waals surface area contributed by atoms with Crippen LogP contribution in [0.15, 0.2) is 0 Å². The Labute approximate surface area is 106 Å². The predicted molar refractivity (Wildman–Crippen MR) is 64.7 cm³/mol. The zero-order valence-electron chi connectivity index (χ0n) is 10.6. The monoisotopic (exact) mass is 253 g/mol. The van der Waals surface area contributed by atoms with E-state index >= 15 is 0 Å². The van der Waals surface area contributed by atoms with Gasteiger partial charge in [-0.05, 0) is 12.8 Å². The molecular formula is C12H19N3O3. The van der Waals surface area contributed by atoms with Crippen LogP contribution < -0.4 is 0 Å². The molecule has 18 heavy (non-hydrogen) atoms. The van der Waals surface area contributed by atoms with Crippen molar-refractivity contribution < 1.29 is 14.6 Å². The molecule has 0 radical (unpaired) electrons. The molecule has 1 aromatic heterocycles. The Kier molecular flexibility index (Phi) is 4.30. The molecular weight excluding hydrogens is 234 g/mol. The van der Waals surface area contributed by atoms with Gasteiger partial charge in [0.05, 0.1) is 18.3 Å². The number of methoxy groups -OCH3 is 1. The number of hydrogen-bond donors (Lipinski definition) is 1. The maximum atomic E-state index is 11.1. The van der Waals surface area contributed by atoms with Gasteiger partial charge in [-0.3, -0.25) is 0 Å². The molecule has 0 atom stereocenters. The van der Waals surface area contributed by atoms with E-state index in [1.54, 1.807) is 7.11 Å². The van der Waals surface area contributed by atoms with Crippen molar-refractivity contribution >= 4 is 5.97 Å². The highest BCUT2D eigenvalue weighted by Crippen LogP contribution is 2.29. The fourth-order valence-electron chi connectivity index (χ4n) is 2.53. The summed E-state index contributed by atoms with van der Waals surface area (Å²) in [7, 11) is 1.61. The average Bonchev–Trinajstić information content (AvgIpc) is 2.81. The van der Waals surface area contributed by atoms with Crippen LogP contribution in [0.1, 0.15) is 54.3 Å². The lowest BCUT2D eigenvalue weighted by Crippen LogP contribution is -2.18. The molecule has 1 fully saturated rings. The molecule has 0 bridgehead atoms. The van der Waals surface area contributed by atoms with Gasteiger partial charge in [0, 0.05) is 13.5 Å². The van der Waals surface area contributed by atoms with Crippen LogP contribution in [-0.2, 0) is 11.2 Å². The topological polar surface area (TPSA) is 77.2 Å². The minimum Gasteiger partial charge on any atom is -0.476 e. The van der Waals surface area contributed by atoms with Gasteiger partial charge in [-0.2, -0.15) is 0 Å². The highest BCUT2D eigenvalue weighted by Gasteiger charge is 2.24. The second-order valence-corrected chi connectivity index (χ2v) is 4.67. The van der Waals surface area contributed by atoms with Crippen molar-refractivity contribution in [2.75, 3.05) is 13.7 Å². The van der Waals surface area contributed by atoms with Crippen LogP contribution in [0.25, 0.3) is 0 Å². The Bertz CT molecular complexity index is 411. The minimum absolute atomic E-state index is 0.0672. The zero-order valence-corrected chi connectivity index (χ0v) is 10.6. The van der Waals surface area contributed by atoms with E-state index in [0.29, 0.717) is 24.8 Å². The molecule has 1 aliphatic carbocycles. The molecule has 0 spiro atoms. The van der Waals surface area contributed by atoms with Crippen molar-refractivity contribution in [2.24, 2.45) is 0 Å². The maximum absolute atomic E-state index is 11.1. The first-order valence-corrected chi connectivity index (χ1v) is 6.40. The molecule has 6 nitrogen and oxygen atoms in total. The summed E-state index contributed by atoms with van der Waals surface area (Å²) in [6.45, 7) is 0.486. The van der Waals surface area contributed by atoms with E-state index in [1.165, 1.54) is 19.3 Å². The lowest BCUT2D eigenvalue weighted by molar-refractivity contribution is 0.0688. The minimum atomic E-state index is -1.01. The second kappa shape index (κ2) is 5.95. The van der Waals surface area contributed by atoms with E-state index in [0.717, 1.165) is 12.8 Å². The fraction of sp³-hybridized carbons (Fsp3) is 0.750. The van der Waals surface area contributed by atoms with Crippen LogP contribution in [0.5, 0.6) is 0 Å². The summed E-state index contributed by atoms with van der Waals surface area (Å²) in [5, 5.41) is 17.0. The summed E-state index contributed by atoms with van der Waals surface area (Å²) < 4.78 is 6.84. The van der Waals surface area contributed by atoms with Crippen molar-refractivity contribution in [1.29, 1.82) is 0 Å². The van der Waals surface area contributed by atoms with E-state index in [2.05, 4.69) is 10.3 Å². The van der Waals surface area contributed by atoms with Crippen molar-refractivity contribution in [2.45, 2.75) is 44.6 Å². The number of aromatic carboxylic acids is 1. The van der Waals surface area contributed by atoms with E-state index < -0.39 is 5.97 Å². The second-order valence-electron chi connectivity index (χ2n) is 4.67. The van der Waals surface area contributed by atoms with Crippen LogP contribution >= 0.6 is 0 Å². The van der Waals surface area contributed by atoms with E-state index in [4.69, 9.17) is 9.84 Å². The van der Waals surface area contributed by atoms with Crippen LogP contribution in [-0.4, -0.2) is 39.8 Å². The first kappa shape index (κ1) is 13.0. The normalized spacial score (nSPS) is 16.9. The van der Waals surface area contributed by atoms with Crippen molar-refractivity contribution in [1.82, 2.24) is 15.0 Å². The predicted octanol–water partition coefficient (Wildman–Crippen LogP) is 1.67. The largest absolute Gasteiger partial charge is 0.476 e. The SMILES string of the molecule is COCCc1c(C(=O)O)nnn1C1CCCCC1. The first-order chi connectivity index (χ1) is 8.74. The standard InChI is InChI=1S/C12H19N3O3/c1-18-8-7-10-11(12(16)17)13-14-15(10)9-5-3-2-4-6-9/h9H,2-8H2,1H3,(H,16,17). The highest BCUT2D eigenvalue weighted by molar-refractivity contribution is 5.86. The third kappa shape index (κ3) is 2.69. The molecule has 6 heteroatoms. The third-order valence-electron chi connectivity index (χ3n) is 3.46. The number of carboxylic acids is 1. The first-order valence-electron chi connectivity index (χ1n) is 6.40. The zero-order chi connectivity index (χ0) is 13.0. The third-order valence-corrected chi connectivity index (χ3v) is 3.46. The molecule has 1 saturated carbocycles. The summed E-state index contributed by atoms with van der Waals surface area (Å²) in [6, 6.07) is 0.297. The Morgan fingerprint density at radius 3 is 2.78 bits per heavy atom. The lowest BCUT2D eigenvalue weighted by atomic mass is 9.95. The van der Waals surface area contributed by atoms with Crippen LogP contribution in [0.4, 0.5) is 0 Å². The van der Waals surface area contributed by atoms with Gasteiger partial charge in [0.2, 0.25) is 0 Å². The summed E-state index contributed by atoms with van der Waals surface area (Å²) in [4.78, 5) is 11.1. The molecule has 1 N–H and O–H groups in total. The van der Waals surface area contributed by atoms with Crippen molar-refractivity contribution in [3.05, 3.63) is 11.4 Å².